The largest absolute Gasteiger partial charge is 0.480 e. The van der Waals surface area contributed by atoms with Crippen LogP contribution in [-0.4, -0.2) is 55.0 Å². The van der Waals surface area contributed by atoms with Gasteiger partial charge in [-0.05, 0) is 28.7 Å². The van der Waals surface area contributed by atoms with E-state index in [0.29, 0.717) is 0 Å². The summed E-state index contributed by atoms with van der Waals surface area (Å²) in [5.41, 5.74) is 4.51. The van der Waals surface area contributed by atoms with Crippen molar-refractivity contribution >= 4 is 18.0 Å². The van der Waals surface area contributed by atoms with Crippen LogP contribution in [0.1, 0.15) is 30.4 Å². The summed E-state index contributed by atoms with van der Waals surface area (Å²) >= 11 is 0. The third kappa shape index (κ3) is 4.31. The maximum Gasteiger partial charge on any atom is 0.407 e. The summed E-state index contributed by atoms with van der Waals surface area (Å²) in [6, 6.07) is 14.6. The Morgan fingerprint density at radius 3 is 2.28 bits per heavy atom. The first-order valence-electron chi connectivity index (χ1n) is 10.7. The number of carboxylic acid groups (broad SMARTS) is 1. The predicted octanol–water partition coefficient (Wildman–Crippen LogP) is 2.52. The van der Waals surface area contributed by atoms with E-state index in [9.17, 15) is 14.4 Å². The molecule has 2 aliphatic rings. The highest BCUT2D eigenvalue weighted by Crippen LogP contribution is 2.44. The van der Waals surface area contributed by atoms with Gasteiger partial charge in [-0.2, -0.15) is 0 Å². The zero-order valence-electron chi connectivity index (χ0n) is 17.7. The van der Waals surface area contributed by atoms with Crippen molar-refractivity contribution < 1.29 is 29.0 Å². The van der Waals surface area contributed by atoms with Crippen molar-refractivity contribution in [3.8, 4) is 11.1 Å². The first-order chi connectivity index (χ1) is 15.5. The number of hydrogen-bond donors (Lipinski definition) is 3. The number of rotatable bonds is 7. The maximum absolute atomic E-state index is 12.5. The molecule has 0 radical (unpaired) electrons. The molecule has 0 aromatic heterocycles. The number of carboxylic acids is 1. The molecular weight excluding hydrogens is 412 g/mol. The fourth-order valence-electron chi connectivity index (χ4n) is 4.36. The van der Waals surface area contributed by atoms with Crippen LogP contribution in [-0.2, 0) is 19.1 Å². The van der Waals surface area contributed by atoms with Crippen LogP contribution in [0.5, 0.6) is 0 Å². The van der Waals surface area contributed by atoms with Gasteiger partial charge in [0.1, 0.15) is 12.6 Å². The van der Waals surface area contributed by atoms with Crippen LogP contribution in [0, 0.1) is 5.92 Å². The summed E-state index contributed by atoms with van der Waals surface area (Å²) in [6.45, 7) is 2.11. The van der Waals surface area contributed by atoms with Crippen LogP contribution in [0.2, 0.25) is 0 Å². The second-order valence-corrected chi connectivity index (χ2v) is 8.03. The molecule has 1 aliphatic carbocycles. The zero-order valence-corrected chi connectivity index (χ0v) is 17.7. The molecule has 8 nitrogen and oxygen atoms in total. The smallest absolute Gasteiger partial charge is 0.407 e. The van der Waals surface area contributed by atoms with E-state index < -0.39 is 36.0 Å². The molecule has 1 fully saturated rings. The summed E-state index contributed by atoms with van der Waals surface area (Å²) < 4.78 is 10.9. The van der Waals surface area contributed by atoms with Crippen LogP contribution < -0.4 is 10.6 Å². The second kappa shape index (κ2) is 9.40. The van der Waals surface area contributed by atoms with Gasteiger partial charge in [-0.25, -0.2) is 9.59 Å². The van der Waals surface area contributed by atoms with Gasteiger partial charge in [-0.15, -0.1) is 0 Å². The summed E-state index contributed by atoms with van der Waals surface area (Å²) in [6.07, 6.45) is -0.371. The van der Waals surface area contributed by atoms with Crippen molar-refractivity contribution in [2.75, 3.05) is 19.8 Å². The second-order valence-electron chi connectivity index (χ2n) is 8.03. The number of aliphatic carboxylic acids is 1. The van der Waals surface area contributed by atoms with E-state index in [2.05, 4.69) is 22.8 Å². The third-order valence-corrected chi connectivity index (χ3v) is 6.09. The van der Waals surface area contributed by atoms with Crippen molar-refractivity contribution in [3.05, 3.63) is 59.7 Å². The Labute approximate surface area is 185 Å². The monoisotopic (exact) mass is 438 g/mol. The van der Waals surface area contributed by atoms with Crippen LogP contribution in [0.25, 0.3) is 11.1 Å². The molecule has 3 N–H and O–H groups in total. The molecule has 2 amide bonds. The quantitative estimate of drug-likeness (QED) is 0.612. The summed E-state index contributed by atoms with van der Waals surface area (Å²) in [5.74, 6) is -2.29. The van der Waals surface area contributed by atoms with Crippen molar-refractivity contribution in [1.29, 1.82) is 0 Å². The number of nitrogens with one attached hydrogen (secondary N) is 2. The molecule has 168 valence electrons. The summed E-state index contributed by atoms with van der Waals surface area (Å²) in [7, 11) is 0. The van der Waals surface area contributed by atoms with Crippen LogP contribution in [0.15, 0.2) is 48.5 Å². The van der Waals surface area contributed by atoms with Gasteiger partial charge < -0.3 is 25.2 Å². The van der Waals surface area contributed by atoms with Crippen LogP contribution in [0.3, 0.4) is 0 Å². The maximum atomic E-state index is 12.5. The lowest BCUT2D eigenvalue weighted by Gasteiger charge is -2.21. The van der Waals surface area contributed by atoms with E-state index in [0.717, 1.165) is 22.3 Å². The lowest BCUT2D eigenvalue weighted by molar-refractivity contribution is -0.142. The molecule has 8 heteroatoms. The number of alkyl carbamates (subject to hydrolysis) is 1. The molecule has 0 bridgehead atoms. The topological polar surface area (TPSA) is 114 Å². The number of carbonyl (C=O) groups is 3. The Hall–Kier alpha value is -3.39. The standard InChI is InChI=1S/C24H26N2O6/c1-2-20(23(28)29)25-22(27)19-11-31-13-21(19)26-24(30)32-12-18-16-9-5-3-7-14(16)15-8-4-6-10-17(15)18/h3-10,18-21H,2,11-13H2,1H3,(H,25,27)(H,26,30)(H,28,29). The number of benzene rings is 2. The Balaban J connectivity index is 1.37. The molecule has 2 aromatic carbocycles. The Morgan fingerprint density at radius 2 is 1.69 bits per heavy atom. The highest BCUT2D eigenvalue weighted by atomic mass is 16.5. The number of fused-ring (bicyclic) bond motifs is 3. The average molecular weight is 438 g/mol. The van der Waals surface area contributed by atoms with E-state index in [1.807, 2.05) is 36.4 Å². The minimum absolute atomic E-state index is 0.0621. The van der Waals surface area contributed by atoms with Crippen molar-refractivity contribution in [1.82, 2.24) is 10.6 Å². The molecule has 3 unspecified atom stereocenters. The molecule has 3 atom stereocenters. The first-order valence-corrected chi connectivity index (χ1v) is 10.7. The summed E-state index contributed by atoms with van der Waals surface area (Å²) in [4.78, 5) is 36.2. The predicted molar refractivity (Wildman–Crippen MR) is 116 cm³/mol. The Morgan fingerprint density at radius 1 is 1.06 bits per heavy atom. The van der Waals surface area contributed by atoms with E-state index in [1.165, 1.54) is 0 Å². The van der Waals surface area contributed by atoms with Gasteiger partial charge in [-0.3, -0.25) is 4.79 Å². The molecule has 2 aromatic rings. The molecule has 4 rings (SSSR count). The Bertz CT molecular complexity index is 978. The fourth-order valence-corrected chi connectivity index (χ4v) is 4.36. The van der Waals surface area contributed by atoms with E-state index in [1.54, 1.807) is 6.92 Å². The Kier molecular flexibility index (Phi) is 6.41. The van der Waals surface area contributed by atoms with Gasteiger partial charge in [0.25, 0.3) is 0 Å². The fraction of sp³-hybridized carbons (Fsp3) is 0.375. The van der Waals surface area contributed by atoms with E-state index >= 15 is 0 Å². The SMILES string of the molecule is CCC(NC(=O)C1COCC1NC(=O)OCC1c2ccccc2-c2ccccc21)C(=O)O. The highest BCUT2D eigenvalue weighted by Gasteiger charge is 2.37. The van der Waals surface area contributed by atoms with Crippen LogP contribution >= 0.6 is 0 Å². The van der Waals surface area contributed by atoms with Gasteiger partial charge in [0.2, 0.25) is 5.91 Å². The molecule has 0 saturated carbocycles. The van der Waals surface area contributed by atoms with E-state index in [-0.39, 0.29) is 32.2 Å². The average Bonchev–Trinajstić information content (AvgIpc) is 3.38. The number of hydrogen-bond acceptors (Lipinski definition) is 5. The van der Waals surface area contributed by atoms with Gasteiger partial charge in [0, 0.05) is 5.92 Å². The van der Waals surface area contributed by atoms with Crippen molar-refractivity contribution in [3.63, 3.8) is 0 Å². The van der Waals surface area contributed by atoms with Crippen molar-refractivity contribution in [2.24, 2.45) is 5.92 Å². The highest BCUT2D eigenvalue weighted by molar-refractivity contribution is 5.86. The lowest BCUT2D eigenvalue weighted by Crippen LogP contribution is -2.50. The minimum Gasteiger partial charge on any atom is -0.480 e. The van der Waals surface area contributed by atoms with Crippen molar-refractivity contribution in [2.45, 2.75) is 31.3 Å². The first kappa shape index (κ1) is 21.8. The third-order valence-electron chi connectivity index (χ3n) is 6.09. The molecule has 1 heterocycles. The molecule has 32 heavy (non-hydrogen) atoms. The van der Waals surface area contributed by atoms with Gasteiger partial charge in [0.05, 0.1) is 25.2 Å². The molecule has 1 saturated heterocycles. The van der Waals surface area contributed by atoms with Gasteiger partial charge >= 0.3 is 12.1 Å². The number of carbonyl (C=O) groups excluding carboxylic acids is 2. The molecule has 1 aliphatic heterocycles. The summed E-state index contributed by atoms with van der Waals surface area (Å²) in [5, 5.41) is 14.4. The van der Waals surface area contributed by atoms with Crippen LogP contribution in [0.4, 0.5) is 4.79 Å². The number of ether oxygens (including phenoxy) is 2. The van der Waals surface area contributed by atoms with Gasteiger partial charge in [-0.1, -0.05) is 55.5 Å². The minimum atomic E-state index is -1.10. The number of amides is 2. The normalized spacial score (nSPS) is 20.2. The molecular formula is C24H26N2O6. The zero-order chi connectivity index (χ0) is 22.7. The van der Waals surface area contributed by atoms with E-state index in [4.69, 9.17) is 14.6 Å². The lowest BCUT2D eigenvalue weighted by atomic mass is 9.98. The molecule has 0 spiro atoms. The van der Waals surface area contributed by atoms with Gasteiger partial charge in [0.15, 0.2) is 0 Å².